The van der Waals surface area contributed by atoms with Crippen molar-refractivity contribution in [3.8, 4) is 0 Å². The molecule has 1 aliphatic heterocycles. The van der Waals surface area contributed by atoms with Crippen molar-refractivity contribution in [3.63, 3.8) is 0 Å². The predicted octanol–water partition coefficient (Wildman–Crippen LogP) is 1.52. The highest BCUT2D eigenvalue weighted by Crippen LogP contribution is 2.20. The molecule has 23 heavy (non-hydrogen) atoms. The van der Waals surface area contributed by atoms with Gasteiger partial charge in [-0.3, -0.25) is 9.69 Å². The number of benzene rings is 1. The van der Waals surface area contributed by atoms with E-state index in [4.69, 9.17) is 4.74 Å². The highest BCUT2D eigenvalue weighted by atomic mass is 16.5. The van der Waals surface area contributed by atoms with Crippen LogP contribution in [0, 0.1) is 0 Å². The van der Waals surface area contributed by atoms with Crippen LogP contribution >= 0.6 is 0 Å². The van der Waals surface area contributed by atoms with Gasteiger partial charge < -0.3 is 15.0 Å². The molecule has 1 N–H and O–H groups in total. The molecular formula is C18H29N3O2. The van der Waals surface area contributed by atoms with E-state index in [0.717, 1.165) is 39.3 Å². The maximum atomic E-state index is 12.4. The molecule has 1 atom stereocenters. The lowest BCUT2D eigenvalue weighted by Gasteiger charge is -2.31. The number of rotatable bonds is 8. The molecule has 0 spiro atoms. The summed E-state index contributed by atoms with van der Waals surface area (Å²) in [7, 11) is 1.72. The minimum Gasteiger partial charge on any atom is -0.383 e. The topological polar surface area (TPSA) is 44.8 Å². The summed E-state index contributed by atoms with van der Waals surface area (Å²) < 4.78 is 5.24. The van der Waals surface area contributed by atoms with Gasteiger partial charge in [0.05, 0.1) is 6.61 Å². The summed E-state index contributed by atoms with van der Waals surface area (Å²) in [6.45, 7) is 7.93. The van der Waals surface area contributed by atoms with Crippen molar-refractivity contribution in [3.05, 3.63) is 35.9 Å². The Balaban J connectivity index is 1.91. The van der Waals surface area contributed by atoms with E-state index in [-0.39, 0.29) is 11.9 Å². The Hall–Kier alpha value is -1.43. The van der Waals surface area contributed by atoms with Gasteiger partial charge in [-0.1, -0.05) is 30.3 Å². The molecular weight excluding hydrogens is 290 g/mol. The van der Waals surface area contributed by atoms with Crippen molar-refractivity contribution in [2.75, 3.05) is 53.0 Å². The lowest BCUT2D eigenvalue weighted by molar-refractivity contribution is -0.132. The number of nitrogens with zero attached hydrogens (tertiary/aromatic N) is 2. The van der Waals surface area contributed by atoms with E-state index < -0.39 is 0 Å². The van der Waals surface area contributed by atoms with Crippen molar-refractivity contribution in [1.29, 1.82) is 0 Å². The molecule has 1 amide bonds. The van der Waals surface area contributed by atoms with E-state index in [1.54, 1.807) is 7.11 Å². The SMILES string of the molecule is COCCN(CCC(=O)N1CCNCC1)C(C)c1ccccc1. The van der Waals surface area contributed by atoms with Gasteiger partial charge in [0.25, 0.3) is 0 Å². The molecule has 1 heterocycles. The molecule has 1 fully saturated rings. The van der Waals surface area contributed by atoms with Crippen LogP contribution in [-0.2, 0) is 9.53 Å². The van der Waals surface area contributed by atoms with Crippen LogP contribution < -0.4 is 5.32 Å². The smallest absolute Gasteiger partial charge is 0.223 e. The molecule has 5 nitrogen and oxygen atoms in total. The Morgan fingerprint density at radius 3 is 2.61 bits per heavy atom. The second-order valence-corrected chi connectivity index (χ2v) is 6.00. The molecule has 5 heteroatoms. The van der Waals surface area contributed by atoms with Gasteiger partial charge in [-0.15, -0.1) is 0 Å². The highest BCUT2D eigenvalue weighted by Gasteiger charge is 2.20. The summed E-state index contributed by atoms with van der Waals surface area (Å²) in [4.78, 5) is 16.7. The molecule has 0 aliphatic carbocycles. The Morgan fingerprint density at radius 2 is 1.96 bits per heavy atom. The number of carbonyl (C=O) groups is 1. The number of ether oxygens (including phenoxy) is 1. The normalized spacial score (nSPS) is 16.6. The average Bonchev–Trinajstić information content (AvgIpc) is 2.62. The van der Waals surface area contributed by atoms with Gasteiger partial charge in [-0.25, -0.2) is 0 Å². The summed E-state index contributed by atoms with van der Waals surface area (Å²) in [5.74, 6) is 0.258. The Bertz CT molecular complexity index is 461. The third kappa shape index (κ3) is 5.61. The van der Waals surface area contributed by atoms with Crippen LogP contribution in [-0.4, -0.2) is 68.7 Å². The summed E-state index contributed by atoms with van der Waals surface area (Å²) in [5.41, 5.74) is 1.28. The monoisotopic (exact) mass is 319 g/mol. The molecule has 1 aromatic rings. The van der Waals surface area contributed by atoms with E-state index in [0.29, 0.717) is 13.0 Å². The molecule has 0 saturated carbocycles. The van der Waals surface area contributed by atoms with E-state index >= 15 is 0 Å². The lowest BCUT2D eigenvalue weighted by Crippen LogP contribution is -2.47. The molecule has 0 radical (unpaired) electrons. The zero-order chi connectivity index (χ0) is 16.5. The fourth-order valence-electron chi connectivity index (χ4n) is 2.96. The van der Waals surface area contributed by atoms with Crippen molar-refractivity contribution in [2.24, 2.45) is 0 Å². The molecule has 0 bridgehead atoms. The van der Waals surface area contributed by atoms with Gasteiger partial charge in [0.15, 0.2) is 0 Å². The van der Waals surface area contributed by atoms with Gasteiger partial charge >= 0.3 is 0 Å². The van der Waals surface area contributed by atoms with Crippen molar-refractivity contribution in [1.82, 2.24) is 15.1 Å². The van der Waals surface area contributed by atoms with Crippen molar-refractivity contribution < 1.29 is 9.53 Å². The number of hydrogen-bond donors (Lipinski definition) is 1. The van der Waals surface area contributed by atoms with Crippen LogP contribution in [0.1, 0.15) is 24.9 Å². The first-order valence-electron chi connectivity index (χ1n) is 8.49. The van der Waals surface area contributed by atoms with Gasteiger partial charge in [0.2, 0.25) is 5.91 Å². The largest absolute Gasteiger partial charge is 0.383 e. The van der Waals surface area contributed by atoms with E-state index in [9.17, 15) is 4.79 Å². The standard InChI is InChI=1S/C18H29N3O2/c1-16(17-6-4-3-5-7-17)20(14-15-23-2)11-8-18(22)21-12-9-19-10-13-21/h3-7,16,19H,8-15H2,1-2H3. The zero-order valence-electron chi connectivity index (χ0n) is 14.3. The van der Waals surface area contributed by atoms with Gasteiger partial charge in [-0.2, -0.15) is 0 Å². The number of methoxy groups -OCH3 is 1. The van der Waals surface area contributed by atoms with Crippen LogP contribution in [0.3, 0.4) is 0 Å². The van der Waals surface area contributed by atoms with Crippen LogP contribution in [0.4, 0.5) is 0 Å². The third-order valence-corrected chi connectivity index (χ3v) is 4.49. The van der Waals surface area contributed by atoms with E-state index in [2.05, 4.69) is 41.4 Å². The van der Waals surface area contributed by atoms with Crippen LogP contribution in [0.2, 0.25) is 0 Å². The quantitative estimate of drug-likeness (QED) is 0.789. The molecule has 1 aliphatic rings. The number of carbonyl (C=O) groups excluding carboxylic acids is 1. The minimum absolute atomic E-state index is 0.258. The fraction of sp³-hybridized carbons (Fsp3) is 0.611. The number of nitrogens with one attached hydrogen (secondary N) is 1. The first kappa shape index (κ1) is 17.9. The molecule has 128 valence electrons. The lowest BCUT2D eigenvalue weighted by atomic mass is 10.1. The Labute approximate surface area is 139 Å². The van der Waals surface area contributed by atoms with Crippen molar-refractivity contribution >= 4 is 5.91 Å². The van der Waals surface area contributed by atoms with Crippen LogP contribution in [0.15, 0.2) is 30.3 Å². The van der Waals surface area contributed by atoms with Gasteiger partial charge in [0.1, 0.15) is 0 Å². The summed E-state index contributed by atoms with van der Waals surface area (Å²) in [5, 5.41) is 3.28. The maximum absolute atomic E-state index is 12.4. The third-order valence-electron chi connectivity index (χ3n) is 4.49. The second-order valence-electron chi connectivity index (χ2n) is 6.00. The molecule has 0 aromatic heterocycles. The summed E-state index contributed by atoms with van der Waals surface area (Å²) in [6, 6.07) is 10.7. The molecule has 1 saturated heterocycles. The average molecular weight is 319 g/mol. The number of hydrogen-bond acceptors (Lipinski definition) is 4. The van der Waals surface area contributed by atoms with Gasteiger partial charge in [-0.05, 0) is 12.5 Å². The summed E-state index contributed by atoms with van der Waals surface area (Å²) in [6.07, 6.45) is 0.570. The number of piperazine rings is 1. The first-order chi connectivity index (χ1) is 11.2. The molecule has 1 unspecified atom stereocenters. The predicted molar refractivity (Wildman–Crippen MR) is 92.4 cm³/mol. The Kier molecular flexibility index (Phi) is 7.52. The van der Waals surface area contributed by atoms with Crippen LogP contribution in [0.25, 0.3) is 0 Å². The van der Waals surface area contributed by atoms with E-state index in [1.807, 2.05) is 11.0 Å². The molecule has 2 rings (SSSR count). The minimum atomic E-state index is 0.258. The Morgan fingerprint density at radius 1 is 1.26 bits per heavy atom. The fourth-order valence-corrected chi connectivity index (χ4v) is 2.96. The maximum Gasteiger partial charge on any atom is 0.223 e. The number of amides is 1. The first-order valence-corrected chi connectivity index (χ1v) is 8.49. The van der Waals surface area contributed by atoms with E-state index in [1.165, 1.54) is 5.56 Å². The van der Waals surface area contributed by atoms with Crippen LogP contribution in [0.5, 0.6) is 0 Å². The highest BCUT2D eigenvalue weighted by molar-refractivity contribution is 5.76. The molecule has 1 aromatic carbocycles. The zero-order valence-corrected chi connectivity index (χ0v) is 14.3. The summed E-state index contributed by atoms with van der Waals surface area (Å²) >= 11 is 0. The van der Waals surface area contributed by atoms with Crippen molar-refractivity contribution in [2.45, 2.75) is 19.4 Å². The van der Waals surface area contributed by atoms with Gasteiger partial charge in [0, 0.05) is 58.8 Å². The second kappa shape index (κ2) is 9.65.